The Balaban J connectivity index is 1.34. The smallest absolute Gasteiger partial charge is 0.253 e. The van der Waals surface area contributed by atoms with Gasteiger partial charge in [0.1, 0.15) is 5.82 Å². The first kappa shape index (κ1) is 18.1. The maximum Gasteiger partial charge on any atom is 0.253 e. The maximum atomic E-state index is 12.3. The Labute approximate surface area is 165 Å². The average Bonchev–Trinajstić information content (AvgIpc) is 3.21. The summed E-state index contributed by atoms with van der Waals surface area (Å²) in [6.07, 6.45) is 6.30. The monoisotopic (exact) mass is 384 g/mol. The van der Waals surface area contributed by atoms with Crippen molar-refractivity contribution in [1.82, 2.24) is 10.3 Å². The molecule has 1 aromatic heterocycles. The second-order valence-corrected chi connectivity index (χ2v) is 7.75. The van der Waals surface area contributed by atoms with Crippen molar-refractivity contribution in [2.75, 3.05) is 36.0 Å². The van der Waals surface area contributed by atoms with Crippen molar-refractivity contribution in [2.24, 2.45) is 0 Å². The summed E-state index contributed by atoms with van der Waals surface area (Å²) < 4.78 is 0. The van der Waals surface area contributed by atoms with Crippen LogP contribution in [0, 0.1) is 0 Å². The Kier molecular flexibility index (Phi) is 5.48. The van der Waals surface area contributed by atoms with Crippen LogP contribution in [0.2, 0.25) is 5.02 Å². The van der Waals surface area contributed by atoms with Gasteiger partial charge in [-0.3, -0.25) is 4.79 Å². The third kappa shape index (κ3) is 4.35. The largest absolute Gasteiger partial charge is 0.368 e. The molecule has 2 aromatic rings. The molecule has 2 fully saturated rings. The first-order valence-corrected chi connectivity index (χ1v) is 10.1. The third-order valence-electron chi connectivity index (χ3n) is 5.48. The minimum Gasteiger partial charge on any atom is -0.368 e. The summed E-state index contributed by atoms with van der Waals surface area (Å²) in [7, 11) is 0. The second kappa shape index (κ2) is 8.17. The third-order valence-corrected chi connectivity index (χ3v) is 5.71. The Hall–Kier alpha value is -2.27. The lowest BCUT2D eigenvalue weighted by molar-refractivity contribution is 0.0937. The van der Waals surface area contributed by atoms with E-state index in [1.165, 1.54) is 12.8 Å². The molecule has 2 heterocycles. The van der Waals surface area contributed by atoms with Crippen LogP contribution in [-0.2, 0) is 0 Å². The van der Waals surface area contributed by atoms with Gasteiger partial charge in [-0.25, -0.2) is 4.98 Å². The molecule has 1 saturated heterocycles. The van der Waals surface area contributed by atoms with E-state index in [2.05, 4.69) is 26.2 Å². The van der Waals surface area contributed by atoms with E-state index in [1.807, 2.05) is 30.3 Å². The van der Waals surface area contributed by atoms with Crippen molar-refractivity contribution in [2.45, 2.75) is 31.7 Å². The van der Waals surface area contributed by atoms with E-state index in [0.29, 0.717) is 11.6 Å². The van der Waals surface area contributed by atoms with Gasteiger partial charge in [0.2, 0.25) is 0 Å². The summed E-state index contributed by atoms with van der Waals surface area (Å²) in [6, 6.07) is 12.2. The van der Waals surface area contributed by atoms with E-state index in [0.717, 1.165) is 55.5 Å². The molecule has 142 valence electrons. The number of rotatable bonds is 4. The SMILES string of the molecule is O=C(NC1CCCC1)c1ccc(N2CCN(c3cccc(Cl)c3)CC2)nc1. The van der Waals surface area contributed by atoms with Crippen molar-refractivity contribution < 1.29 is 4.79 Å². The highest BCUT2D eigenvalue weighted by Crippen LogP contribution is 2.23. The van der Waals surface area contributed by atoms with Gasteiger partial charge in [-0.05, 0) is 43.2 Å². The van der Waals surface area contributed by atoms with E-state index in [-0.39, 0.29) is 5.91 Å². The fourth-order valence-corrected chi connectivity index (χ4v) is 4.10. The summed E-state index contributed by atoms with van der Waals surface area (Å²) in [4.78, 5) is 21.5. The minimum absolute atomic E-state index is 0.00766. The molecule has 6 heteroatoms. The van der Waals surface area contributed by atoms with Crippen molar-refractivity contribution in [1.29, 1.82) is 0 Å². The van der Waals surface area contributed by atoms with Gasteiger partial charge in [-0.1, -0.05) is 30.5 Å². The van der Waals surface area contributed by atoms with Crippen molar-refractivity contribution in [3.63, 3.8) is 0 Å². The summed E-state index contributed by atoms with van der Waals surface area (Å²) in [5.74, 6) is 0.921. The van der Waals surface area contributed by atoms with Crippen LogP contribution in [0.5, 0.6) is 0 Å². The average molecular weight is 385 g/mol. The number of aromatic nitrogens is 1. The Morgan fingerprint density at radius 2 is 1.78 bits per heavy atom. The normalized spacial score (nSPS) is 18.0. The number of anilines is 2. The van der Waals surface area contributed by atoms with Gasteiger partial charge in [0.15, 0.2) is 0 Å². The molecule has 0 spiro atoms. The molecule has 0 unspecified atom stereocenters. The topological polar surface area (TPSA) is 48.5 Å². The molecule has 1 N–H and O–H groups in total. The number of pyridine rings is 1. The molecule has 0 bridgehead atoms. The fourth-order valence-electron chi connectivity index (χ4n) is 3.91. The first-order valence-electron chi connectivity index (χ1n) is 9.71. The van der Waals surface area contributed by atoms with Gasteiger partial charge < -0.3 is 15.1 Å². The van der Waals surface area contributed by atoms with Gasteiger partial charge >= 0.3 is 0 Å². The number of carbonyl (C=O) groups is 1. The Morgan fingerprint density at radius 1 is 1.04 bits per heavy atom. The molecule has 0 radical (unpaired) electrons. The number of piperazine rings is 1. The molecular weight excluding hydrogens is 360 g/mol. The standard InChI is InChI=1S/C21H25ClN4O/c22-17-4-3-7-19(14-17)25-10-12-26(13-11-25)20-9-8-16(15-23-20)21(27)24-18-5-1-2-6-18/h3-4,7-9,14-15,18H,1-2,5-6,10-13H2,(H,24,27). The summed E-state index contributed by atoms with van der Waals surface area (Å²) in [5, 5.41) is 3.88. The van der Waals surface area contributed by atoms with Crippen LogP contribution in [0.15, 0.2) is 42.6 Å². The van der Waals surface area contributed by atoms with Gasteiger partial charge in [-0.15, -0.1) is 0 Å². The number of hydrogen-bond acceptors (Lipinski definition) is 4. The lowest BCUT2D eigenvalue weighted by Gasteiger charge is -2.36. The van der Waals surface area contributed by atoms with Crippen molar-refractivity contribution in [3.05, 3.63) is 53.2 Å². The van der Waals surface area contributed by atoms with Crippen molar-refractivity contribution in [3.8, 4) is 0 Å². The Morgan fingerprint density at radius 3 is 2.44 bits per heavy atom. The zero-order chi connectivity index (χ0) is 18.6. The lowest BCUT2D eigenvalue weighted by Crippen LogP contribution is -2.46. The number of benzene rings is 1. The highest BCUT2D eigenvalue weighted by atomic mass is 35.5. The van der Waals surface area contributed by atoms with E-state index in [9.17, 15) is 4.79 Å². The minimum atomic E-state index is -0.00766. The molecule has 1 saturated carbocycles. The van der Waals surface area contributed by atoms with E-state index >= 15 is 0 Å². The first-order chi connectivity index (χ1) is 13.2. The van der Waals surface area contributed by atoms with Crippen LogP contribution < -0.4 is 15.1 Å². The molecule has 0 atom stereocenters. The van der Waals surface area contributed by atoms with Crippen LogP contribution >= 0.6 is 11.6 Å². The van der Waals surface area contributed by atoms with Crippen molar-refractivity contribution >= 4 is 29.0 Å². The summed E-state index contributed by atoms with van der Waals surface area (Å²) >= 11 is 6.10. The molecule has 5 nitrogen and oxygen atoms in total. The molecular formula is C21H25ClN4O. The maximum absolute atomic E-state index is 12.3. The van der Waals surface area contributed by atoms with E-state index in [1.54, 1.807) is 6.20 Å². The summed E-state index contributed by atoms with van der Waals surface area (Å²) in [5.41, 5.74) is 1.80. The highest BCUT2D eigenvalue weighted by Gasteiger charge is 2.20. The zero-order valence-electron chi connectivity index (χ0n) is 15.4. The van der Waals surface area contributed by atoms with Crippen LogP contribution in [0.25, 0.3) is 0 Å². The molecule has 27 heavy (non-hydrogen) atoms. The number of amides is 1. The molecule has 1 aromatic carbocycles. The molecule has 1 aliphatic carbocycles. The number of nitrogens with zero attached hydrogens (tertiary/aromatic N) is 3. The van der Waals surface area contributed by atoms with Crippen LogP contribution in [-0.4, -0.2) is 43.1 Å². The van der Waals surface area contributed by atoms with Gasteiger partial charge in [-0.2, -0.15) is 0 Å². The molecule has 4 rings (SSSR count). The fraction of sp³-hybridized carbons (Fsp3) is 0.429. The number of hydrogen-bond donors (Lipinski definition) is 1. The van der Waals surface area contributed by atoms with Crippen LogP contribution in [0.3, 0.4) is 0 Å². The molecule has 2 aliphatic rings. The van der Waals surface area contributed by atoms with E-state index in [4.69, 9.17) is 11.6 Å². The zero-order valence-corrected chi connectivity index (χ0v) is 16.2. The predicted molar refractivity (Wildman–Crippen MR) is 110 cm³/mol. The van der Waals surface area contributed by atoms with Crippen LogP contribution in [0.4, 0.5) is 11.5 Å². The van der Waals surface area contributed by atoms with Gasteiger partial charge in [0.25, 0.3) is 5.91 Å². The molecule has 1 aliphatic heterocycles. The second-order valence-electron chi connectivity index (χ2n) is 7.31. The molecule has 1 amide bonds. The van der Waals surface area contributed by atoms with Gasteiger partial charge in [0.05, 0.1) is 5.56 Å². The van der Waals surface area contributed by atoms with Crippen LogP contribution in [0.1, 0.15) is 36.0 Å². The summed E-state index contributed by atoms with van der Waals surface area (Å²) in [6.45, 7) is 3.64. The van der Waals surface area contributed by atoms with E-state index < -0.39 is 0 Å². The predicted octanol–water partition coefficient (Wildman–Crippen LogP) is 3.73. The number of nitrogens with one attached hydrogen (secondary N) is 1. The lowest BCUT2D eigenvalue weighted by atomic mass is 10.2. The number of halogens is 1. The highest BCUT2D eigenvalue weighted by molar-refractivity contribution is 6.30. The quantitative estimate of drug-likeness (QED) is 0.872. The Bertz CT molecular complexity index is 781. The number of carbonyl (C=O) groups excluding carboxylic acids is 1. The van der Waals surface area contributed by atoms with Gasteiger partial charge in [0, 0.05) is 49.1 Å².